The van der Waals surface area contributed by atoms with Crippen LogP contribution in [-0.4, -0.2) is 5.97 Å². The number of carbonyl (C=O) groups is 1. The Morgan fingerprint density at radius 2 is 2.27 bits per heavy atom. The molecule has 0 heterocycles. The van der Waals surface area contributed by atoms with Crippen LogP contribution in [0.25, 0.3) is 0 Å². The normalized spacial score (nSPS) is 35.3. The van der Waals surface area contributed by atoms with Crippen molar-refractivity contribution in [1.82, 2.24) is 0 Å². The first-order valence-corrected chi connectivity index (χ1v) is 6.00. The highest BCUT2D eigenvalue weighted by Gasteiger charge is 2.38. The van der Waals surface area contributed by atoms with Crippen LogP contribution in [0.5, 0.6) is 0 Å². The average Bonchev–Trinajstić information content (AvgIpc) is 2.15. The number of rotatable bonds is 1. The maximum atomic E-state index is 10.9. The maximum Gasteiger partial charge on any atom is 0.307 e. The molecule has 0 aromatic heterocycles. The Hall–Kier alpha value is -0.790. The van der Waals surface area contributed by atoms with Crippen LogP contribution in [0.3, 0.4) is 0 Å². The van der Waals surface area contributed by atoms with Gasteiger partial charge in [0.1, 0.15) is 5.76 Å². The van der Waals surface area contributed by atoms with Crippen LogP contribution in [0.15, 0.2) is 11.8 Å². The predicted molar refractivity (Wildman–Crippen MR) is 59.1 cm³/mol. The van der Waals surface area contributed by atoms with E-state index in [-0.39, 0.29) is 5.97 Å². The van der Waals surface area contributed by atoms with E-state index in [1.165, 1.54) is 39.0 Å². The monoisotopic (exact) mass is 208 g/mol. The molecule has 0 saturated heterocycles. The highest BCUT2D eigenvalue weighted by atomic mass is 16.5. The van der Waals surface area contributed by atoms with E-state index in [4.69, 9.17) is 4.74 Å². The van der Waals surface area contributed by atoms with E-state index >= 15 is 0 Å². The van der Waals surface area contributed by atoms with Gasteiger partial charge >= 0.3 is 5.97 Å². The topological polar surface area (TPSA) is 26.3 Å². The molecule has 0 bridgehead atoms. The summed E-state index contributed by atoms with van der Waals surface area (Å²) in [5.41, 5.74) is 0.293. The molecule has 2 atom stereocenters. The molecule has 2 aliphatic rings. The average molecular weight is 208 g/mol. The van der Waals surface area contributed by atoms with Crippen LogP contribution in [-0.2, 0) is 9.53 Å². The molecule has 84 valence electrons. The number of allylic oxidation sites excluding steroid dienone is 2. The molecule has 0 aliphatic heterocycles. The molecule has 0 spiro atoms. The molecule has 0 N–H and O–H groups in total. The van der Waals surface area contributed by atoms with Crippen molar-refractivity contribution in [3.63, 3.8) is 0 Å². The lowest BCUT2D eigenvalue weighted by Gasteiger charge is -2.42. The first-order chi connectivity index (χ1) is 7.10. The third-order valence-electron chi connectivity index (χ3n) is 3.96. The first kappa shape index (κ1) is 10.7. The minimum atomic E-state index is -0.181. The number of fused-ring (bicyclic) bond motifs is 1. The molecule has 2 heteroatoms. The summed E-state index contributed by atoms with van der Waals surface area (Å²) in [4.78, 5) is 10.9. The van der Waals surface area contributed by atoms with Gasteiger partial charge in [-0.3, -0.25) is 4.79 Å². The summed E-state index contributed by atoms with van der Waals surface area (Å²) in [5.74, 6) is 1.54. The van der Waals surface area contributed by atoms with Gasteiger partial charge in [-0.15, -0.1) is 0 Å². The van der Waals surface area contributed by atoms with E-state index in [9.17, 15) is 4.79 Å². The van der Waals surface area contributed by atoms with Gasteiger partial charge in [-0.25, -0.2) is 0 Å². The summed E-state index contributed by atoms with van der Waals surface area (Å²) in [5, 5.41) is 0. The van der Waals surface area contributed by atoms with Gasteiger partial charge in [-0.2, -0.15) is 0 Å². The van der Waals surface area contributed by atoms with Crippen molar-refractivity contribution >= 4 is 5.97 Å². The molecule has 0 aromatic carbocycles. The minimum absolute atomic E-state index is 0.181. The van der Waals surface area contributed by atoms with E-state index in [0.717, 1.165) is 18.1 Å². The fraction of sp³-hybridized carbons (Fsp3) is 0.769. The van der Waals surface area contributed by atoms with Crippen molar-refractivity contribution in [3.05, 3.63) is 11.8 Å². The van der Waals surface area contributed by atoms with Crippen LogP contribution < -0.4 is 0 Å². The predicted octanol–water partition coefficient (Wildman–Crippen LogP) is 3.42. The van der Waals surface area contributed by atoms with E-state index in [1.807, 2.05) is 0 Å². The number of hydrogen-bond acceptors (Lipinski definition) is 2. The lowest BCUT2D eigenvalue weighted by atomic mass is 9.63. The van der Waals surface area contributed by atoms with Gasteiger partial charge < -0.3 is 4.74 Å². The third-order valence-corrected chi connectivity index (χ3v) is 3.96. The fourth-order valence-electron chi connectivity index (χ4n) is 3.12. The van der Waals surface area contributed by atoms with Crippen LogP contribution in [0.4, 0.5) is 0 Å². The summed E-state index contributed by atoms with van der Waals surface area (Å²) in [6.07, 6.45) is 9.65. The van der Waals surface area contributed by atoms with Gasteiger partial charge in [-0.05, 0) is 36.7 Å². The largest absolute Gasteiger partial charge is 0.432 e. The van der Waals surface area contributed by atoms with Crippen molar-refractivity contribution in [3.8, 4) is 0 Å². The molecule has 0 unspecified atom stereocenters. The van der Waals surface area contributed by atoms with Crippen LogP contribution in [0, 0.1) is 11.3 Å². The Bertz CT molecular complexity index is 293. The highest BCUT2D eigenvalue weighted by Crippen LogP contribution is 2.48. The van der Waals surface area contributed by atoms with Gasteiger partial charge in [0, 0.05) is 13.3 Å². The molecule has 2 aliphatic carbocycles. The molecule has 2 rings (SSSR count). The Morgan fingerprint density at radius 1 is 1.47 bits per heavy atom. The van der Waals surface area contributed by atoms with E-state index < -0.39 is 0 Å². The SMILES string of the molecule is CC(=O)OC1=C[C@@]2(C)CCCC[C@@H]2CC1. The second kappa shape index (κ2) is 3.99. The van der Waals surface area contributed by atoms with Crippen molar-refractivity contribution in [1.29, 1.82) is 0 Å². The standard InChI is InChI=1S/C13H20O2/c1-10(14)15-12-7-6-11-5-3-4-8-13(11,2)9-12/h9,11H,3-8H2,1-2H3/t11-,13-/m1/s1. The molecular weight excluding hydrogens is 188 g/mol. The highest BCUT2D eigenvalue weighted by molar-refractivity contribution is 5.67. The minimum Gasteiger partial charge on any atom is -0.432 e. The smallest absolute Gasteiger partial charge is 0.307 e. The van der Waals surface area contributed by atoms with Gasteiger partial charge in [0.05, 0.1) is 0 Å². The van der Waals surface area contributed by atoms with Crippen molar-refractivity contribution in [2.24, 2.45) is 11.3 Å². The molecule has 0 radical (unpaired) electrons. The Kier molecular flexibility index (Phi) is 2.85. The number of carbonyl (C=O) groups excluding carboxylic acids is 1. The first-order valence-electron chi connectivity index (χ1n) is 6.00. The van der Waals surface area contributed by atoms with E-state index in [2.05, 4.69) is 13.0 Å². The van der Waals surface area contributed by atoms with Gasteiger partial charge in [0.2, 0.25) is 0 Å². The fourth-order valence-corrected chi connectivity index (χ4v) is 3.12. The molecule has 0 aromatic rings. The van der Waals surface area contributed by atoms with Crippen molar-refractivity contribution < 1.29 is 9.53 Å². The van der Waals surface area contributed by atoms with Gasteiger partial charge in [-0.1, -0.05) is 19.8 Å². The second-order valence-electron chi connectivity index (χ2n) is 5.19. The molecule has 1 fully saturated rings. The Morgan fingerprint density at radius 3 is 3.00 bits per heavy atom. The number of ether oxygens (including phenoxy) is 1. The summed E-state index contributed by atoms with van der Waals surface area (Å²) >= 11 is 0. The van der Waals surface area contributed by atoms with E-state index in [0.29, 0.717) is 5.41 Å². The van der Waals surface area contributed by atoms with Gasteiger partial charge in [0.25, 0.3) is 0 Å². The molecular formula is C13H20O2. The molecule has 15 heavy (non-hydrogen) atoms. The zero-order valence-corrected chi connectivity index (χ0v) is 9.71. The summed E-state index contributed by atoms with van der Waals surface area (Å²) in [6.45, 7) is 3.80. The molecule has 0 amide bonds. The summed E-state index contributed by atoms with van der Waals surface area (Å²) < 4.78 is 5.23. The van der Waals surface area contributed by atoms with Crippen molar-refractivity contribution in [2.75, 3.05) is 0 Å². The van der Waals surface area contributed by atoms with Gasteiger partial charge in [0.15, 0.2) is 0 Å². The number of esters is 1. The quantitative estimate of drug-likeness (QED) is 0.617. The summed E-state index contributed by atoms with van der Waals surface area (Å²) in [6, 6.07) is 0. The van der Waals surface area contributed by atoms with E-state index in [1.54, 1.807) is 0 Å². The zero-order valence-electron chi connectivity index (χ0n) is 9.71. The van der Waals surface area contributed by atoms with Crippen LogP contribution >= 0.6 is 0 Å². The molecule has 1 saturated carbocycles. The number of hydrogen-bond donors (Lipinski definition) is 0. The lowest BCUT2D eigenvalue weighted by Crippen LogP contribution is -2.32. The van der Waals surface area contributed by atoms with Crippen molar-refractivity contribution in [2.45, 2.75) is 52.4 Å². The zero-order chi connectivity index (χ0) is 10.9. The third kappa shape index (κ3) is 2.24. The van der Waals surface area contributed by atoms with Crippen LogP contribution in [0.2, 0.25) is 0 Å². The maximum absolute atomic E-state index is 10.9. The lowest BCUT2D eigenvalue weighted by molar-refractivity contribution is -0.137. The Labute approximate surface area is 91.7 Å². The van der Waals surface area contributed by atoms with Crippen LogP contribution in [0.1, 0.15) is 52.4 Å². The Balaban J connectivity index is 2.13. The molecule has 2 nitrogen and oxygen atoms in total. The summed E-state index contributed by atoms with van der Waals surface area (Å²) in [7, 11) is 0. The second-order valence-corrected chi connectivity index (χ2v) is 5.19.